The number of benzene rings is 1. The lowest BCUT2D eigenvalue weighted by Crippen LogP contribution is -2.20. The monoisotopic (exact) mass is 256 g/mol. The predicted octanol–water partition coefficient (Wildman–Crippen LogP) is 3.84. The van der Waals surface area contributed by atoms with E-state index in [9.17, 15) is 9.18 Å². The average Bonchev–Trinajstić information content (AvgIpc) is 2.33. The SMILES string of the molecule is O=C(O)C1CCC(c2ccc(F)c(Cl)c2)CC1. The van der Waals surface area contributed by atoms with Gasteiger partial charge in [-0.05, 0) is 49.3 Å². The molecule has 0 unspecified atom stereocenters. The summed E-state index contributed by atoms with van der Waals surface area (Å²) in [5.41, 5.74) is 1.01. The van der Waals surface area contributed by atoms with Gasteiger partial charge in [-0.3, -0.25) is 4.79 Å². The fourth-order valence-electron chi connectivity index (χ4n) is 2.44. The summed E-state index contributed by atoms with van der Waals surface area (Å²) in [7, 11) is 0. The molecule has 0 atom stereocenters. The third-order valence-electron chi connectivity index (χ3n) is 3.49. The summed E-state index contributed by atoms with van der Waals surface area (Å²) < 4.78 is 13.0. The van der Waals surface area contributed by atoms with Crippen LogP contribution in [0.2, 0.25) is 5.02 Å². The third-order valence-corrected chi connectivity index (χ3v) is 3.78. The minimum atomic E-state index is -0.708. The number of aliphatic carboxylic acids is 1. The summed E-state index contributed by atoms with van der Waals surface area (Å²) in [5, 5.41) is 9.05. The Balaban J connectivity index is 2.05. The summed E-state index contributed by atoms with van der Waals surface area (Å²) in [6, 6.07) is 4.77. The van der Waals surface area contributed by atoms with E-state index >= 15 is 0 Å². The molecule has 0 aliphatic heterocycles. The molecule has 4 heteroatoms. The van der Waals surface area contributed by atoms with Gasteiger partial charge in [0.05, 0.1) is 10.9 Å². The predicted molar refractivity (Wildman–Crippen MR) is 63.7 cm³/mol. The maximum atomic E-state index is 13.0. The van der Waals surface area contributed by atoms with E-state index in [1.807, 2.05) is 0 Å². The molecule has 17 heavy (non-hydrogen) atoms. The van der Waals surface area contributed by atoms with Gasteiger partial charge in [-0.15, -0.1) is 0 Å². The van der Waals surface area contributed by atoms with E-state index in [-0.39, 0.29) is 10.9 Å². The Bertz CT molecular complexity index is 425. The van der Waals surface area contributed by atoms with Crippen molar-refractivity contribution in [1.29, 1.82) is 0 Å². The van der Waals surface area contributed by atoms with Crippen molar-refractivity contribution in [3.63, 3.8) is 0 Å². The fraction of sp³-hybridized carbons (Fsp3) is 0.462. The number of hydrogen-bond donors (Lipinski definition) is 1. The van der Waals surface area contributed by atoms with Crippen LogP contribution in [0.4, 0.5) is 4.39 Å². The fourth-order valence-corrected chi connectivity index (χ4v) is 2.63. The zero-order valence-corrected chi connectivity index (χ0v) is 10.1. The maximum Gasteiger partial charge on any atom is 0.306 e. The van der Waals surface area contributed by atoms with Crippen LogP contribution in [0.25, 0.3) is 0 Å². The number of carboxylic acid groups (broad SMARTS) is 1. The highest BCUT2D eigenvalue weighted by Crippen LogP contribution is 2.36. The van der Waals surface area contributed by atoms with Crippen LogP contribution in [0.3, 0.4) is 0 Å². The standard InChI is InChI=1S/C13H14ClFO2/c14-11-7-10(5-6-12(11)15)8-1-3-9(4-2-8)13(16)17/h5-9H,1-4H2,(H,16,17). The summed E-state index contributed by atoms with van der Waals surface area (Å²) in [4.78, 5) is 10.8. The molecule has 1 aliphatic rings. The summed E-state index contributed by atoms with van der Waals surface area (Å²) in [6.45, 7) is 0. The van der Waals surface area contributed by atoms with Gasteiger partial charge in [-0.2, -0.15) is 0 Å². The van der Waals surface area contributed by atoms with E-state index in [0.29, 0.717) is 18.8 Å². The van der Waals surface area contributed by atoms with Crippen molar-refractivity contribution in [2.75, 3.05) is 0 Å². The van der Waals surface area contributed by atoms with Gasteiger partial charge >= 0.3 is 5.97 Å². The highest BCUT2D eigenvalue weighted by atomic mass is 35.5. The minimum Gasteiger partial charge on any atom is -0.481 e. The van der Waals surface area contributed by atoms with E-state index < -0.39 is 11.8 Å². The van der Waals surface area contributed by atoms with Gasteiger partial charge in [0, 0.05) is 0 Å². The summed E-state index contributed by atoms with van der Waals surface area (Å²) in [5.74, 6) is -1.03. The molecule has 1 fully saturated rings. The van der Waals surface area contributed by atoms with E-state index in [2.05, 4.69) is 0 Å². The molecule has 92 valence electrons. The molecule has 1 aromatic rings. The van der Waals surface area contributed by atoms with Crippen LogP contribution >= 0.6 is 11.6 Å². The first-order valence-electron chi connectivity index (χ1n) is 5.75. The topological polar surface area (TPSA) is 37.3 Å². The van der Waals surface area contributed by atoms with Gasteiger partial charge in [0.15, 0.2) is 0 Å². The number of rotatable bonds is 2. The molecule has 0 saturated heterocycles. The lowest BCUT2D eigenvalue weighted by molar-refractivity contribution is -0.142. The molecule has 0 amide bonds. The second-order valence-electron chi connectivity index (χ2n) is 4.56. The zero-order valence-electron chi connectivity index (χ0n) is 9.33. The highest BCUT2D eigenvalue weighted by Gasteiger charge is 2.26. The molecule has 0 radical (unpaired) electrons. The smallest absolute Gasteiger partial charge is 0.306 e. The van der Waals surface area contributed by atoms with E-state index in [0.717, 1.165) is 18.4 Å². The first kappa shape index (κ1) is 12.4. The molecule has 1 aliphatic carbocycles. The first-order chi connectivity index (χ1) is 8.08. The number of carbonyl (C=O) groups is 1. The lowest BCUT2D eigenvalue weighted by atomic mass is 9.79. The van der Waals surface area contributed by atoms with Gasteiger partial charge in [0.25, 0.3) is 0 Å². The molecule has 0 spiro atoms. The van der Waals surface area contributed by atoms with Crippen molar-refractivity contribution >= 4 is 17.6 Å². The molecule has 1 N–H and O–H groups in total. The molecule has 1 aromatic carbocycles. The largest absolute Gasteiger partial charge is 0.481 e. The van der Waals surface area contributed by atoms with Crippen LogP contribution in [0.5, 0.6) is 0 Å². The van der Waals surface area contributed by atoms with Crippen LogP contribution in [0.15, 0.2) is 18.2 Å². The quantitative estimate of drug-likeness (QED) is 0.873. The minimum absolute atomic E-state index is 0.142. The summed E-state index contributed by atoms with van der Waals surface area (Å²) >= 11 is 5.74. The number of carboxylic acids is 1. The Morgan fingerprint density at radius 3 is 2.47 bits per heavy atom. The Labute approximate surface area is 104 Å². The van der Waals surface area contributed by atoms with Crippen LogP contribution in [-0.2, 0) is 4.79 Å². The van der Waals surface area contributed by atoms with E-state index in [1.165, 1.54) is 6.07 Å². The van der Waals surface area contributed by atoms with Crippen LogP contribution in [0.1, 0.15) is 37.2 Å². The van der Waals surface area contributed by atoms with E-state index in [4.69, 9.17) is 16.7 Å². The first-order valence-corrected chi connectivity index (χ1v) is 6.13. The number of hydrogen-bond acceptors (Lipinski definition) is 1. The van der Waals surface area contributed by atoms with Crippen LogP contribution in [-0.4, -0.2) is 11.1 Å². The Hall–Kier alpha value is -1.09. The molecular formula is C13H14ClFO2. The summed E-state index contributed by atoms with van der Waals surface area (Å²) in [6.07, 6.45) is 3.04. The molecule has 2 nitrogen and oxygen atoms in total. The molecule has 1 saturated carbocycles. The number of halogens is 2. The second-order valence-corrected chi connectivity index (χ2v) is 4.97. The van der Waals surface area contributed by atoms with Crippen molar-refractivity contribution < 1.29 is 14.3 Å². The third kappa shape index (κ3) is 2.78. The van der Waals surface area contributed by atoms with Gasteiger partial charge in [-0.25, -0.2) is 4.39 Å². The molecule has 0 bridgehead atoms. The highest BCUT2D eigenvalue weighted by molar-refractivity contribution is 6.30. The van der Waals surface area contributed by atoms with Crippen molar-refractivity contribution in [2.45, 2.75) is 31.6 Å². The van der Waals surface area contributed by atoms with Crippen LogP contribution in [0, 0.1) is 11.7 Å². The van der Waals surface area contributed by atoms with Gasteiger partial charge in [-0.1, -0.05) is 17.7 Å². The van der Waals surface area contributed by atoms with Gasteiger partial charge in [0.1, 0.15) is 5.82 Å². The second kappa shape index (κ2) is 5.05. The van der Waals surface area contributed by atoms with Crippen molar-refractivity contribution in [3.05, 3.63) is 34.6 Å². The normalized spacial score (nSPS) is 24.6. The molecule has 0 heterocycles. The maximum absolute atomic E-state index is 13.0. The van der Waals surface area contributed by atoms with Crippen molar-refractivity contribution in [2.24, 2.45) is 5.92 Å². The van der Waals surface area contributed by atoms with Crippen molar-refractivity contribution in [3.8, 4) is 0 Å². The molecule has 0 aromatic heterocycles. The molecule has 2 rings (SSSR count). The Morgan fingerprint density at radius 1 is 1.29 bits per heavy atom. The van der Waals surface area contributed by atoms with Crippen molar-refractivity contribution in [1.82, 2.24) is 0 Å². The molecular weight excluding hydrogens is 243 g/mol. The van der Waals surface area contributed by atoms with Crippen LogP contribution < -0.4 is 0 Å². The van der Waals surface area contributed by atoms with Gasteiger partial charge in [0.2, 0.25) is 0 Å². The average molecular weight is 257 g/mol. The lowest BCUT2D eigenvalue weighted by Gasteiger charge is -2.26. The Kier molecular flexibility index (Phi) is 3.67. The van der Waals surface area contributed by atoms with Gasteiger partial charge < -0.3 is 5.11 Å². The van der Waals surface area contributed by atoms with E-state index in [1.54, 1.807) is 12.1 Å². The zero-order chi connectivity index (χ0) is 12.4. The Morgan fingerprint density at radius 2 is 1.94 bits per heavy atom.